The highest BCUT2D eigenvalue weighted by Gasteiger charge is 2.03. The second-order valence-electron chi connectivity index (χ2n) is 2.82. The van der Waals surface area contributed by atoms with Crippen molar-refractivity contribution in [3.8, 4) is 5.75 Å². The van der Waals surface area contributed by atoms with E-state index in [-0.39, 0.29) is 12.4 Å². The van der Waals surface area contributed by atoms with Gasteiger partial charge in [-0.15, -0.1) is 0 Å². The molecule has 0 bridgehead atoms. The Morgan fingerprint density at radius 2 is 2.07 bits per heavy atom. The Balaban J connectivity index is 2.60. The van der Waals surface area contributed by atoms with Crippen molar-refractivity contribution in [1.82, 2.24) is 0 Å². The van der Waals surface area contributed by atoms with Crippen LogP contribution in [-0.2, 0) is 0 Å². The Kier molecular flexibility index (Phi) is 3.59. The van der Waals surface area contributed by atoms with Crippen LogP contribution in [0.3, 0.4) is 0 Å². The molecule has 2 nitrogen and oxygen atoms in total. The summed E-state index contributed by atoms with van der Waals surface area (Å²) in [7, 11) is 0. The van der Waals surface area contributed by atoms with E-state index in [1.54, 1.807) is 0 Å². The molecule has 14 heavy (non-hydrogen) atoms. The van der Waals surface area contributed by atoms with Gasteiger partial charge in [0, 0.05) is 12.6 Å². The number of rotatable bonds is 4. The van der Waals surface area contributed by atoms with E-state index >= 15 is 0 Å². The molecule has 0 saturated heterocycles. The highest BCUT2D eigenvalue weighted by atomic mass is 19.2. The molecule has 4 heteroatoms. The third-order valence-corrected chi connectivity index (χ3v) is 1.62. The van der Waals surface area contributed by atoms with Crippen LogP contribution in [0.2, 0.25) is 0 Å². The van der Waals surface area contributed by atoms with Crippen molar-refractivity contribution in [3.05, 3.63) is 42.0 Å². The summed E-state index contributed by atoms with van der Waals surface area (Å²) < 4.78 is 30.3. The van der Waals surface area contributed by atoms with Crippen LogP contribution in [0.4, 0.5) is 8.78 Å². The second kappa shape index (κ2) is 4.72. The van der Waals surface area contributed by atoms with E-state index in [1.165, 1.54) is 6.07 Å². The smallest absolute Gasteiger partial charge is 0.162 e. The number of hydrogen-bond donors (Lipinski definition) is 1. The maximum absolute atomic E-state index is 12.7. The van der Waals surface area contributed by atoms with Crippen LogP contribution in [-0.4, -0.2) is 13.2 Å². The molecule has 0 aliphatic rings. The number of halogens is 2. The Hall–Kier alpha value is -1.42. The summed E-state index contributed by atoms with van der Waals surface area (Å²) in [5.74, 6) is -1.56. The lowest BCUT2D eigenvalue weighted by Gasteiger charge is -2.06. The molecule has 0 atom stereocenters. The summed E-state index contributed by atoms with van der Waals surface area (Å²) in [4.78, 5) is 0. The molecule has 0 radical (unpaired) electrons. The van der Waals surface area contributed by atoms with Crippen molar-refractivity contribution in [1.29, 1.82) is 0 Å². The first-order chi connectivity index (χ1) is 6.63. The molecule has 0 amide bonds. The van der Waals surface area contributed by atoms with Crippen LogP contribution in [0.5, 0.6) is 5.75 Å². The Bertz CT molecular complexity index is 339. The molecule has 0 aromatic heterocycles. The zero-order chi connectivity index (χ0) is 10.6. The third kappa shape index (κ3) is 2.81. The van der Waals surface area contributed by atoms with Crippen LogP contribution in [0.1, 0.15) is 0 Å². The van der Waals surface area contributed by atoms with Crippen molar-refractivity contribution in [2.24, 2.45) is 5.73 Å². The zero-order valence-corrected chi connectivity index (χ0v) is 7.59. The number of ether oxygens (including phenoxy) is 1. The molecule has 0 spiro atoms. The normalized spacial score (nSPS) is 9.93. The van der Waals surface area contributed by atoms with E-state index in [4.69, 9.17) is 10.5 Å². The molecule has 0 heterocycles. The monoisotopic (exact) mass is 199 g/mol. The predicted molar refractivity (Wildman–Crippen MR) is 50.0 cm³/mol. The first kappa shape index (κ1) is 10.7. The van der Waals surface area contributed by atoms with Crippen LogP contribution >= 0.6 is 0 Å². The van der Waals surface area contributed by atoms with Crippen molar-refractivity contribution in [2.75, 3.05) is 13.2 Å². The minimum Gasteiger partial charge on any atom is -0.489 e. The molecular formula is C10H11F2NO. The zero-order valence-electron chi connectivity index (χ0n) is 7.59. The fraction of sp³-hybridized carbons (Fsp3) is 0.200. The average Bonchev–Trinajstić information content (AvgIpc) is 2.19. The number of benzene rings is 1. The van der Waals surface area contributed by atoms with Crippen molar-refractivity contribution in [2.45, 2.75) is 0 Å². The van der Waals surface area contributed by atoms with Crippen molar-refractivity contribution in [3.63, 3.8) is 0 Å². The first-order valence-electron chi connectivity index (χ1n) is 4.08. The lowest BCUT2D eigenvalue weighted by molar-refractivity contribution is 0.346. The van der Waals surface area contributed by atoms with Crippen LogP contribution in [0, 0.1) is 11.6 Å². The first-order valence-corrected chi connectivity index (χ1v) is 4.08. The minimum atomic E-state index is -0.930. The standard InChI is InChI=1S/C10H11F2NO/c1-7(5-13)6-14-8-2-3-9(11)10(12)4-8/h2-4H,1,5-6,13H2. The van der Waals surface area contributed by atoms with Gasteiger partial charge in [0.05, 0.1) is 0 Å². The van der Waals surface area contributed by atoms with Crippen molar-refractivity contribution < 1.29 is 13.5 Å². The molecule has 2 N–H and O–H groups in total. The van der Waals surface area contributed by atoms with Gasteiger partial charge in [0.25, 0.3) is 0 Å². The quantitative estimate of drug-likeness (QED) is 0.751. The van der Waals surface area contributed by atoms with Gasteiger partial charge >= 0.3 is 0 Å². The largest absolute Gasteiger partial charge is 0.489 e. The Morgan fingerprint density at radius 1 is 1.36 bits per heavy atom. The van der Waals surface area contributed by atoms with Gasteiger partial charge in [-0.05, 0) is 17.7 Å². The lowest BCUT2D eigenvalue weighted by Crippen LogP contribution is -2.09. The molecule has 0 saturated carbocycles. The SMILES string of the molecule is C=C(CN)COc1ccc(F)c(F)c1. The van der Waals surface area contributed by atoms with E-state index in [9.17, 15) is 8.78 Å². The van der Waals surface area contributed by atoms with Crippen LogP contribution < -0.4 is 10.5 Å². The Labute approximate surface area is 81.0 Å². The maximum Gasteiger partial charge on any atom is 0.162 e. The highest BCUT2D eigenvalue weighted by Crippen LogP contribution is 2.15. The predicted octanol–water partition coefficient (Wildman–Crippen LogP) is 1.86. The summed E-state index contributed by atoms with van der Waals surface area (Å²) in [6.45, 7) is 4.13. The summed E-state index contributed by atoms with van der Waals surface area (Å²) in [5.41, 5.74) is 5.97. The molecule has 0 fully saturated rings. The van der Waals surface area contributed by atoms with Crippen LogP contribution in [0.15, 0.2) is 30.4 Å². The molecular weight excluding hydrogens is 188 g/mol. The van der Waals surface area contributed by atoms with Gasteiger partial charge in [0.1, 0.15) is 12.4 Å². The van der Waals surface area contributed by atoms with Gasteiger partial charge in [0.15, 0.2) is 11.6 Å². The molecule has 1 aromatic rings. The summed E-state index contributed by atoms with van der Waals surface area (Å²) in [5, 5.41) is 0. The fourth-order valence-corrected chi connectivity index (χ4v) is 0.811. The van der Waals surface area contributed by atoms with Crippen molar-refractivity contribution >= 4 is 0 Å². The van der Waals surface area contributed by atoms with E-state index in [1.807, 2.05) is 0 Å². The number of nitrogens with two attached hydrogens (primary N) is 1. The minimum absolute atomic E-state index is 0.210. The molecule has 1 rings (SSSR count). The third-order valence-electron chi connectivity index (χ3n) is 1.62. The van der Waals surface area contributed by atoms with E-state index in [0.29, 0.717) is 12.1 Å². The summed E-state index contributed by atoms with van der Waals surface area (Å²) in [6.07, 6.45) is 0. The van der Waals surface area contributed by atoms with Gasteiger partial charge in [-0.1, -0.05) is 6.58 Å². The fourth-order valence-electron chi connectivity index (χ4n) is 0.811. The summed E-state index contributed by atoms with van der Waals surface area (Å²) >= 11 is 0. The Morgan fingerprint density at radius 3 is 2.64 bits per heavy atom. The topological polar surface area (TPSA) is 35.2 Å². The molecule has 0 aliphatic carbocycles. The van der Waals surface area contributed by atoms with E-state index in [0.717, 1.165) is 12.1 Å². The van der Waals surface area contributed by atoms with Gasteiger partial charge in [-0.25, -0.2) is 8.78 Å². The summed E-state index contributed by atoms with van der Waals surface area (Å²) in [6, 6.07) is 3.34. The van der Waals surface area contributed by atoms with Gasteiger partial charge < -0.3 is 10.5 Å². The average molecular weight is 199 g/mol. The highest BCUT2D eigenvalue weighted by molar-refractivity contribution is 5.24. The molecule has 76 valence electrons. The molecule has 0 aliphatic heterocycles. The van der Waals surface area contributed by atoms with E-state index in [2.05, 4.69) is 6.58 Å². The van der Waals surface area contributed by atoms with E-state index < -0.39 is 11.6 Å². The van der Waals surface area contributed by atoms with Gasteiger partial charge in [-0.2, -0.15) is 0 Å². The maximum atomic E-state index is 12.7. The van der Waals surface area contributed by atoms with Gasteiger partial charge in [-0.3, -0.25) is 0 Å². The second-order valence-corrected chi connectivity index (χ2v) is 2.82. The van der Waals surface area contributed by atoms with Gasteiger partial charge in [0.2, 0.25) is 0 Å². The van der Waals surface area contributed by atoms with Crippen LogP contribution in [0.25, 0.3) is 0 Å². The number of hydrogen-bond acceptors (Lipinski definition) is 2. The molecule has 0 unspecified atom stereocenters. The molecule has 1 aromatic carbocycles. The lowest BCUT2D eigenvalue weighted by atomic mass is 10.3.